The Morgan fingerprint density at radius 2 is 2.50 bits per heavy atom. The Morgan fingerprint density at radius 1 is 1.62 bits per heavy atom. The monoisotopic (exact) mass is 225 g/mol. The first kappa shape index (κ1) is 11.3. The molecule has 0 saturated carbocycles. The molecule has 0 aliphatic carbocycles. The molecule has 16 heavy (non-hydrogen) atoms. The van der Waals surface area contributed by atoms with Gasteiger partial charge < -0.3 is 19.8 Å². The summed E-state index contributed by atoms with van der Waals surface area (Å²) in [4.78, 5) is 2.25. The highest BCUT2D eigenvalue weighted by molar-refractivity contribution is 5.20. The first-order valence-electron chi connectivity index (χ1n) is 5.57. The highest BCUT2D eigenvalue weighted by atomic mass is 16.5. The lowest BCUT2D eigenvalue weighted by atomic mass is 10.3. The van der Waals surface area contributed by atoms with E-state index >= 15 is 0 Å². The average Bonchev–Trinajstić information content (AvgIpc) is 2.27. The fourth-order valence-electron chi connectivity index (χ4n) is 1.73. The molecule has 2 N–H and O–H groups in total. The summed E-state index contributed by atoms with van der Waals surface area (Å²) in [6, 6.07) is 0. The number of rotatable bonds is 3. The molecule has 5 nitrogen and oxygen atoms in total. The van der Waals surface area contributed by atoms with Crippen LogP contribution in [0.4, 0.5) is 0 Å². The molecule has 90 valence electrons. The molecule has 0 aromatic heterocycles. The summed E-state index contributed by atoms with van der Waals surface area (Å²) in [5.74, 6) is 0.747. The summed E-state index contributed by atoms with van der Waals surface area (Å²) in [6.07, 6.45) is 4.01. The van der Waals surface area contributed by atoms with Gasteiger partial charge in [0.2, 0.25) is 5.88 Å². The smallest absolute Gasteiger partial charge is 0.205 e. The molecule has 0 bridgehead atoms. The van der Waals surface area contributed by atoms with Gasteiger partial charge in [-0.25, -0.2) is 0 Å². The molecule has 1 unspecified atom stereocenters. The molecule has 0 aromatic carbocycles. The van der Waals surface area contributed by atoms with E-state index in [9.17, 15) is 0 Å². The van der Waals surface area contributed by atoms with Gasteiger partial charge in [0.1, 0.15) is 12.7 Å². The Balaban J connectivity index is 1.76. The van der Waals surface area contributed by atoms with Crippen molar-refractivity contribution in [2.24, 2.45) is 0 Å². The summed E-state index contributed by atoms with van der Waals surface area (Å²) in [7, 11) is 2.10. The Labute approximate surface area is 96.1 Å². The predicted octanol–water partition coefficient (Wildman–Crippen LogP) is 0.187. The number of nitrogens with one attached hydrogen (secondary N) is 2. The van der Waals surface area contributed by atoms with Gasteiger partial charge in [0.25, 0.3) is 0 Å². The summed E-state index contributed by atoms with van der Waals surface area (Å²) < 4.78 is 11.2. The maximum absolute atomic E-state index is 5.64. The van der Waals surface area contributed by atoms with Crippen molar-refractivity contribution in [1.82, 2.24) is 15.8 Å². The van der Waals surface area contributed by atoms with Crippen molar-refractivity contribution in [3.05, 3.63) is 23.7 Å². The van der Waals surface area contributed by atoms with Crippen LogP contribution in [0.3, 0.4) is 0 Å². The summed E-state index contributed by atoms with van der Waals surface area (Å²) in [5.41, 5.74) is 7.00. The van der Waals surface area contributed by atoms with Gasteiger partial charge in [-0.1, -0.05) is 0 Å². The third-order valence-corrected chi connectivity index (χ3v) is 2.62. The Hall–Kier alpha value is -1.20. The zero-order valence-corrected chi connectivity index (χ0v) is 9.82. The van der Waals surface area contributed by atoms with Crippen LogP contribution in [0.5, 0.6) is 0 Å². The third-order valence-electron chi connectivity index (χ3n) is 2.62. The molecule has 0 amide bonds. The van der Waals surface area contributed by atoms with Gasteiger partial charge in [-0.3, -0.25) is 5.43 Å². The zero-order valence-electron chi connectivity index (χ0n) is 9.82. The van der Waals surface area contributed by atoms with Crippen molar-refractivity contribution >= 4 is 0 Å². The Bertz CT molecular complexity index is 302. The highest BCUT2D eigenvalue weighted by Crippen LogP contribution is 2.08. The molecule has 2 aliphatic heterocycles. The maximum Gasteiger partial charge on any atom is 0.205 e. The molecule has 2 heterocycles. The lowest BCUT2D eigenvalue weighted by molar-refractivity contribution is -0.0541. The minimum Gasteiger partial charge on any atom is -0.475 e. The van der Waals surface area contributed by atoms with Crippen LogP contribution in [0.1, 0.15) is 6.92 Å². The fourth-order valence-corrected chi connectivity index (χ4v) is 1.73. The molecule has 2 aliphatic rings. The van der Waals surface area contributed by atoms with E-state index in [4.69, 9.17) is 9.47 Å². The molecule has 5 heteroatoms. The second-order valence-corrected chi connectivity index (χ2v) is 4.23. The number of hydrazine groups is 1. The largest absolute Gasteiger partial charge is 0.475 e. The molecular weight excluding hydrogens is 206 g/mol. The van der Waals surface area contributed by atoms with E-state index in [2.05, 4.69) is 22.8 Å². The van der Waals surface area contributed by atoms with Gasteiger partial charge in [-0.05, 0) is 19.5 Å². The third kappa shape index (κ3) is 3.15. The Morgan fingerprint density at radius 3 is 3.25 bits per heavy atom. The molecule has 0 radical (unpaired) electrons. The fraction of sp³-hybridized carbons (Fsp3) is 0.636. The van der Waals surface area contributed by atoms with Crippen LogP contribution in [-0.4, -0.2) is 44.4 Å². The van der Waals surface area contributed by atoms with Crippen LogP contribution in [0.2, 0.25) is 0 Å². The molecule has 2 rings (SSSR count). The Kier molecular flexibility index (Phi) is 3.69. The lowest BCUT2D eigenvalue weighted by Gasteiger charge is -2.30. The van der Waals surface area contributed by atoms with Crippen molar-refractivity contribution in [1.29, 1.82) is 0 Å². The number of likely N-dealkylation sites (N-methyl/N-ethyl adjacent to an activating group) is 1. The van der Waals surface area contributed by atoms with Crippen LogP contribution in [-0.2, 0) is 9.47 Å². The number of hydrogen-bond acceptors (Lipinski definition) is 5. The second kappa shape index (κ2) is 5.23. The minimum atomic E-state index is 0.160. The first-order chi connectivity index (χ1) is 7.74. The standard InChI is InChI=1S/C11H19N3O2/c1-9-5-11(13-12-6-9)16-8-10-7-14(2)3-4-15-10/h5-6,10,12-13H,3-4,7-8H2,1-2H3. The van der Waals surface area contributed by atoms with Crippen molar-refractivity contribution in [3.63, 3.8) is 0 Å². The molecule has 1 atom stereocenters. The molecule has 1 fully saturated rings. The van der Waals surface area contributed by atoms with Crippen molar-refractivity contribution in [3.8, 4) is 0 Å². The zero-order chi connectivity index (χ0) is 11.4. The topological polar surface area (TPSA) is 45.8 Å². The molecule has 1 saturated heterocycles. The van der Waals surface area contributed by atoms with Crippen molar-refractivity contribution < 1.29 is 9.47 Å². The van der Waals surface area contributed by atoms with Gasteiger partial charge in [0.05, 0.1) is 6.61 Å². The number of ether oxygens (including phenoxy) is 2. The molecule has 0 aromatic rings. The lowest BCUT2D eigenvalue weighted by Crippen LogP contribution is -2.43. The van der Waals surface area contributed by atoms with Gasteiger partial charge in [0.15, 0.2) is 0 Å². The van der Waals surface area contributed by atoms with E-state index in [1.165, 1.54) is 0 Å². The van der Waals surface area contributed by atoms with E-state index in [0.717, 1.165) is 31.2 Å². The van der Waals surface area contributed by atoms with Crippen LogP contribution >= 0.6 is 0 Å². The number of nitrogens with zero attached hydrogens (tertiary/aromatic N) is 1. The quantitative estimate of drug-likeness (QED) is 0.718. The van der Waals surface area contributed by atoms with Crippen LogP contribution < -0.4 is 10.9 Å². The van der Waals surface area contributed by atoms with E-state index in [-0.39, 0.29) is 6.10 Å². The van der Waals surface area contributed by atoms with E-state index in [0.29, 0.717) is 6.61 Å². The predicted molar refractivity (Wildman–Crippen MR) is 61.3 cm³/mol. The SMILES string of the molecule is CC1=CNNC(OCC2CN(C)CCO2)=C1. The summed E-state index contributed by atoms with van der Waals surface area (Å²) in [6.45, 7) is 5.31. The van der Waals surface area contributed by atoms with Gasteiger partial charge in [-0.2, -0.15) is 0 Å². The van der Waals surface area contributed by atoms with Gasteiger partial charge in [-0.15, -0.1) is 0 Å². The normalized spacial score (nSPS) is 26.2. The maximum atomic E-state index is 5.64. The van der Waals surface area contributed by atoms with E-state index < -0.39 is 0 Å². The van der Waals surface area contributed by atoms with Crippen molar-refractivity contribution in [2.45, 2.75) is 13.0 Å². The molecule has 0 spiro atoms. The van der Waals surface area contributed by atoms with Crippen LogP contribution in [0.15, 0.2) is 23.7 Å². The number of allylic oxidation sites excluding steroid dienone is 2. The van der Waals surface area contributed by atoms with Crippen molar-refractivity contribution in [2.75, 3.05) is 33.4 Å². The average molecular weight is 225 g/mol. The van der Waals surface area contributed by atoms with Crippen LogP contribution in [0, 0.1) is 0 Å². The first-order valence-corrected chi connectivity index (χ1v) is 5.57. The molecular formula is C11H19N3O2. The summed E-state index contributed by atoms with van der Waals surface area (Å²) in [5, 5.41) is 0. The second-order valence-electron chi connectivity index (χ2n) is 4.23. The minimum absolute atomic E-state index is 0.160. The number of hydrogen-bond donors (Lipinski definition) is 2. The van der Waals surface area contributed by atoms with E-state index in [1.807, 2.05) is 19.2 Å². The number of morpholine rings is 1. The van der Waals surface area contributed by atoms with Gasteiger partial charge >= 0.3 is 0 Å². The highest BCUT2D eigenvalue weighted by Gasteiger charge is 2.18. The van der Waals surface area contributed by atoms with E-state index in [1.54, 1.807) is 0 Å². The van der Waals surface area contributed by atoms with Crippen LogP contribution in [0.25, 0.3) is 0 Å². The van der Waals surface area contributed by atoms with Gasteiger partial charge in [0, 0.05) is 25.4 Å². The summed E-state index contributed by atoms with van der Waals surface area (Å²) >= 11 is 0.